The van der Waals surface area contributed by atoms with Crippen LogP contribution in [-0.4, -0.2) is 37.0 Å². The number of ether oxygens (including phenoxy) is 2. The summed E-state index contributed by atoms with van der Waals surface area (Å²) in [6, 6.07) is 0. The van der Waals surface area contributed by atoms with Crippen LogP contribution in [0.5, 0.6) is 0 Å². The number of aliphatic hydroxyl groups is 1. The van der Waals surface area contributed by atoms with Gasteiger partial charge >= 0.3 is 5.97 Å². The van der Waals surface area contributed by atoms with Gasteiger partial charge in [0.1, 0.15) is 6.10 Å². The van der Waals surface area contributed by atoms with E-state index in [2.05, 4.69) is 123 Å². The van der Waals surface area contributed by atoms with Gasteiger partial charge in [-0.1, -0.05) is 226 Å². The van der Waals surface area contributed by atoms with Crippen LogP contribution in [0.4, 0.5) is 0 Å². The van der Waals surface area contributed by atoms with E-state index in [0.29, 0.717) is 13.0 Å². The van der Waals surface area contributed by atoms with Gasteiger partial charge in [-0.05, 0) is 96.3 Å². The first kappa shape index (κ1) is 58.1. The maximum atomic E-state index is 12.3. The molecule has 0 aromatic carbocycles. The van der Waals surface area contributed by atoms with E-state index in [4.69, 9.17) is 9.47 Å². The number of hydrogen-bond acceptors (Lipinski definition) is 4. The lowest BCUT2D eigenvalue weighted by Crippen LogP contribution is -2.27. The van der Waals surface area contributed by atoms with Gasteiger partial charge in [0.25, 0.3) is 0 Å². The molecule has 0 radical (unpaired) electrons. The summed E-state index contributed by atoms with van der Waals surface area (Å²) in [5, 5.41) is 9.66. The maximum absolute atomic E-state index is 12.3. The normalized spacial score (nSPS) is 13.3. The van der Waals surface area contributed by atoms with Crippen LogP contribution in [0.15, 0.2) is 109 Å². The molecule has 1 unspecified atom stereocenters. The van der Waals surface area contributed by atoms with E-state index in [9.17, 15) is 9.90 Å². The van der Waals surface area contributed by atoms with E-state index in [-0.39, 0.29) is 19.2 Å². The Bertz CT molecular complexity index is 1170. The van der Waals surface area contributed by atoms with Crippen LogP contribution in [-0.2, 0) is 14.3 Å². The van der Waals surface area contributed by atoms with Gasteiger partial charge in [0.05, 0.1) is 13.2 Å². The third-order valence-electron chi connectivity index (χ3n) is 10.6. The third kappa shape index (κ3) is 51.3. The number of carbonyl (C=O) groups is 1. The summed E-state index contributed by atoms with van der Waals surface area (Å²) < 4.78 is 11.2. The summed E-state index contributed by atoms with van der Waals surface area (Å²) in [6.45, 7) is 5.10. The molecule has 0 heterocycles. The molecule has 61 heavy (non-hydrogen) atoms. The van der Waals surface area contributed by atoms with Gasteiger partial charge in [-0.25, -0.2) is 0 Å². The first-order valence-corrected chi connectivity index (χ1v) is 25.5. The van der Waals surface area contributed by atoms with Gasteiger partial charge in [0.2, 0.25) is 0 Å². The maximum Gasteiger partial charge on any atom is 0.306 e. The number of aliphatic hydroxyl groups excluding tert-OH is 1. The van der Waals surface area contributed by atoms with E-state index in [1.165, 1.54) is 109 Å². The molecule has 0 amide bonds. The lowest BCUT2D eigenvalue weighted by molar-refractivity contribution is -0.154. The van der Waals surface area contributed by atoms with Gasteiger partial charge in [0.15, 0.2) is 0 Å². The second kappa shape index (κ2) is 53.2. The first-order valence-electron chi connectivity index (χ1n) is 25.5. The molecule has 0 rings (SSSR count). The Hall–Kier alpha value is -2.95. The highest BCUT2D eigenvalue weighted by molar-refractivity contribution is 5.69. The predicted molar refractivity (Wildman–Crippen MR) is 269 cm³/mol. The number of unbranched alkanes of at least 4 members (excludes halogenated alkanes) is 20. The SMILES string of the molecule is CC/C=C\C/C=C\C/C=C\C/C=C\C/C=C\CCCCCCCCCC(=O)OC(CO)COCCCCCCCCCCCCCCC/C=C\C/C=C\C/C=C\C/C=C\CC. The van der Waals surface area contributed by atoms with E-state index >= 15 is 0 Å². The third-order valence-corrected chi connectivity index (χ3v) is 10.6. The average Bonchev–Trinajstić information content (AvgIpc) is 3.27. The van der Waals surface area contributed by atoms with Crippen molar-refractivity contribution < 1.29 is 19.4 Å². The topological polar surface area (TPSA) is 55.8 Å². The standard InChI is InChI=1S/C57H96O4/c1-3-5-7-9-11-13-15-17-19-21-23-25-27-28-29-31-33-35-37-39-41-43-45-47-49-51-53-60-55-56(54-58)61-57(59)52-50-48-46-44-42-40-38-36-34-32-30-26-24-22-20-18-16-14-12-10-8-6-4-2/h5-8,11-14,17-20,23-26,32,34,56,58H,3-4,9-10,15-16,21-22,27-31,33,35-55H2,1-2H3/b7-5-,8-6-,13-11-,14-12-,19-17-,20-18-,25-23-,26-24-,34-32-. The molecule has 0 saturated heterocycles. The Morgan fingerprint density at radius 1 is 0.393 bits per heavy atom. The number of rotatable bonds is 46. The summed E-state index contributed by atoms with van der Waals surface area (Å²) in [6.07, 6.45) is 77.5. The zero-order chi connectivity index (χ0) is 44.0. The van der Waals surface area contributed by atoms with Crippen molar-refractivity contribution in [2.45, 2.75) is 225 Å². The molecule has 0 aromatic heterocycles. The molecule has 0 aliphatic carbocycles. The number of esters is 1. The van der Waals surface area contributed by atoms with Crippen LogP contribution in [0.2, 0.25) is 0 Å². The summed E-state index contributed by atoms with van der Waals surface area (Å²) in [5.41, 5.74) is 0. The minimum absolute atomic E-state index is 0.182. The summed E-state index contributed by atoms with van der Waals surface area (Å²) in [5.74, 6) is -0.215. The highest BCUT2D eigenvalue weighted by atomic mass is 16.6. The zero-order valence-corrected chi connectivity index (χ0v) is 39.9. The predicted octanol–water partition coefficient (Wildman–Crippen LogP) is 17.4. The van der Waals surface area contributed by atoms with Crippen LogP contribution in [0.3, 0.4) is 0 Å². The highest BCUT2D eigenvalue weighted by Gasteiger charge is 2.13. The molecule has 0 saturated carbocycles. The van der Waals surface area contributed by atoms with Crippen molar-refractivity contribution in [1.82, 2.24) is 0 Å². The Labute approximate surface area is 378 Å². The molecule has 1 atom stereocenters. The minimum Gasteiger partial charge on any atom is -0.457 e. The van der Waals surface area contributed by atoms with E-state index in [0.717, 1.165) is 89.9 Å². The quantitative estimate of drug-likeness (QED) is 0.0377. The second-order valence-corrected chi connectivity index (χ2v) is 16.5. The fraction of sp³-hybridized carbons (Fsp3) is 0.667. The lowest BCUT2D eigenvalue weighted by atomic mass is 10.0. The fourth-order valence-corrected chi connectivity index (χ4v) is 6.88. The minimum atomic E-state index is -0.549. The molecule has 4 nitrogen and oxygen atoms in total. The molecule has 0 aliphatic rings. The summed E-state index contributed by atoms with van der Waals surface area (Å²) in [4.78, 5) is 12.3. The van der Waals surface area contributed by atoms with Crippen LogP contribution >= 0.6 is 0 Å². The van der Waals surface area contributed by atoms with E-state index in [1.807, 2.05) is 0 Å². The van der Waals surface area contributed by atoms with Gasteiger partial charge in [0, 0.05) is 13.0 Å². The molecule has 0 aliphatic heterocycles. The van der Waals surface area contributed by atoms with Gasteiger partial charge in [-0.15, -0.1) is 0 Å². The highest BCUT2D eigenvalue weighted by Crippen LogP contribution is 2.14. The number of carbonyl (C=O) groups excluding carboxylic acids is 1. The van der Waals surface area contributed by atoms with Crippen molar-refractivity contribution in [3.63, 3.8) is 0 Å². The largest absolute Gasteiger partial charge is 0.457 e. The molecule has 4 heteroatoms. The van der Waals surface area contributed by atoms with Crippen LogP contribution < -0.4 is 0 Å². The molecule has 0 bridgehead atoms. The van der Waals surface area contributed by atoms with Crippen molar-refractivity contribution in [3.05, 3.63) is 109 Å². The first-order chi connectivity index (χ1) is 30.2. The van der Waals surface area contributed by atoms with Crippen molar-refractivity contribution in [1.29, 1.82) is 0 Å². The van der Waals surface area contributed by atoms with Crippen LogP contribution in [0, 0.1) is 0 Å². The van der Waals surface area contributed by atoms with Crippen LogP contribution in [0.25, 0.3) is 0 Å². The van der Waals surface area contributed by atoms with E-state index < -0.39 is 6.10 Å². The molecule has 348 valence electrons. The van der Waals surface area contributed by atoms with Gasteiger partial charge in [-0.2, -0.15) is 0 Å². The number of allylic oxidation sites excluding steroid dienone is 18. The smallest absolute Gasteiger partial charge is 0.306 e. The van der Waals surface area contributed by atoms with E-state index in [1.54, 1.807) is 0 Å². The molecule has 0 aromatic rings. The molecule has 1 N–H and O–H groups in total. The second-order valence-electron chi connectivity index (χ2n) is 16.5. The molecule has 0 fully saturated rings. The summed E-state index contributed by atoms with van der Waals surface area (Å²) in [7, 11) is 0. The Morgan fingerprint density at radius 3 is 1.03 bits per heavy atom. The zero-order valence-electron chi connectivity index (χ0n) is 39.9. The Balaban J connectivity index is 3.47. The van der Waals surface area contributed by atoms with Crippen molar-refractivity contribution in [2.75, 3.05) is 19.8 Å². The molecular weight excluding hydrogens is 749 g/mol. The summed E-state index contributed by atoms with van der Waals surface area (Å²) >= 11 is 0. The van der Waals surface area contributed by atoms with Crippen LogP contribution in [0.1, 0.15) is 219 Å². The Kier molecular flexibility index (Phi) is 50.6. The van der Waals surface area contributed by atoms with Crippen molar-refractivity contribution in [2.24, 2.45) is 0 Å². The Morgan fingerprint density at radius 2 is 0.689 bits per heavy atom. The monoisotopic (exact) mass is 845 g/mol. The average molecular weight is 845 g/mol. The van der Waals surface area contributed by atoms with Crippen molar-refractivity contribution >= 4 is 5.97 Å². The molecular formula is C57H96O4. The number of hydrogen-bond donors (Lipinski definition) is 1. The van der Waals surface area contributed by atoms with Crippen molar-refractivity contribution in [3.8, 4) is 0 Å². The van der Waals surface area contributed by atoms with Gasteiger partial charge < -0.3 is 14.6 Å². The lowest BCUT2D eigenvalue weighted by Gasteiger charge is -2.16. The molecule has 0 spiro atoms. The van der Waals surface area contributed by atoms with Gasteiger partial charge in [-0.3, -0.25) is 4.79 Å². The fourth-order valence-electron chi connectivity index (χ4n) is 6.88.